The molecule has 0 unspecified atom stereocenters. The molecule has 1 N–H and O–H groups in total. The van der Waals surface area contributed by atoms with Gasteiger partial charge in [0.1, 0.15) is 0 Å². The first-order valence-electron chi connectivity index (χ1n) is 5.63. The van der Waals surface area contributed by atoms with Gasteiger partial charge >= 0.3 is 5.97 Å². The molecule has 1 amide bonds. The van der Waals surface area contributed by atoms with E-state index in [9.17, 15) is 9.59 Å². The molecule has 0 saturated heterocycles. The van der Waals surface area contributed by atoms with Crippen LogP contribution in [-0.2, 0) is 9.59 Å². The largest absolute Gasteiger partial charge is 0.480 e. The lowest BCUT2D eigenvalue weighted by atomic mass is 10.3. The van der Waals surface area contributed by atoms with Crippen LogP contribution in [0.4, 0.5) is 0 Å². The predicted molar refractivity (Wildman–Crippen MR) is 60.1 cm³/mol. The molecule has 0 aromatic heterocycles. The van der Waals surface area contributed by atoms with E-state index in [2.05, 4.69) is 0 Å². The number of hydrogen-bond donors (Lipinski definition) is 1. The molecule has 1 aliphatic rings. The SMILES string of the molecule is CC(C)N(C)C(=O)CN(CC(=O)O)C1CC1. The Morgan fingerprint density at radius 1 is 1.31 bits per heavy atom. The Balaban J connectivity index is 2.47. The van der Waals surface area contributed by atoms with E-state index >= 15 is 0 Å². The molecule has 1 aliphatic carbocycles. The van der Waals surface area contributed by atoms with E-state index in [1.54, 1.807) is 16.8 Å². The quantitative estimate of drug-likeness (QED) is 0.715. The fourth-order valence-electron chi connectivity index (χ4n) is 1.50. The van der Waals surface area contributed by atoms with Crippen LogP contribution in [0.5, 0.6) is 0 Å². The van der Waals surface area contributed by atoms with E-state index < -0.39 is 5.97 Å². The zero-order chi connectivity index (χ0) is 12.3. The molecule has 0 atom stereocenters. The minimum Gasteiger partial charge on any atom is -0.480 e. The molecule has 0 radical (unpaired) electrons. The van der Waals surface area contributed by atoms with Gasteiger partial charge in [-0.2, -0.15) is 0 Å². The van der Waals surface area contributed by atoms with Crippen molar-refractivity contribution in [3.8, 4) is 0 Å². The maximum atomic E-state index is 11.8. The van der Waals surface area contributed by atoms with Gasteiger partial charge in [-0.3, -0.25) is 14.5 Å². The summed E-state index contributed by atoms with van der Waals surface area (Å²) in [5.41, 5.74) is 0. The summed E-state index contributed by atoms with van der Waals surface area (Å²) in [4.78, 5) is 25.9. The monoisotopic (exact) mass is 228 g/mol. The molecular weight excluding hydrogens is 208 g/mol. The Labute approximate surface area is 96.0 Å². The number of carboxylic acid groups (broad SMARTS) is 1. The van der Waals surface area contributed by atoms with Gasteiger partial charge in [-0.15, -0.1) is 0 Å². The number of amides is 1. The maximum absolute atomic E-state index is 11.8. The van der Waals surface area contributed by atoms with Gasteiger partial charge in [0.25, 0.3) is 0 Å². The molecule has 5 nitrogen and oxygen atoms in total. The second kappa shape index (κ2) is 5.30. The third kappa shape index (κ3) is 3.81. The van der Waals surface area contributed by atoms with Gasteiger partial charge in [-0.05, 0) is 26.7 Å². The van der Waals surface area contributed by atoms with Crippen LogP contribution in [0.2, 0.25) is 0 Å². The summed E-state index contributed by atoms with van der Waals surface area (Å²) < 4.78 is 0. The number of carbonyl (C=O) groups excluding carboxylic acids is 1. The van der Waals surface area contributed by atoms with Gasteiger partial charge < -0.3 is 10.0 Å². The highest BCUT2D eigenvalue weighted by atomic mass is 16.4. The second-order valence-electron chi connectivity index (χ2n) is 4.63. The maximum Gasteiger partial charge on any atom is 0.317 e. The average molecular weight is 228 g/mol. The Bertz CT molecular complexity index is 274. The standard InChI is InChI=1S/C11H20N2O3/c1-8(2)12(3)10(14)6-13(7-11(15)16)9-4-5-9/h8-9H,4-7H2,1-3H3,(H,15,16). The van der Waals surface area contributed by atoms with Crippen molar-refractivity contribution < 1.29 is 14.7 Å². The van der Waals surface area contributed by atoms with Crippen LogP contribution < -0.4 is 0 Å². The van der Waals surface area contributed by atoms with Crippen LogP contribution in [-0.4, -0.2) is 59.0 Å². The summed E-state index contributed by atoms with van der Waals surface area (Å²) in [5, 5.41) is 8.75. The van der Waals surface area contributed by atoms with Gasteiger partial charge in [-0.1, -0.05) is 0 Å². The van der Waals surface area contributed by atoms with E-state index in [4.69, 9.17) is 5.11 Å². The smallest absolute Gasteiger partial charge is 0.317 e. The first-order valence-corrected chi connectivity index (χ1v) is 5.63. The fourth-order valence-corrected chi connectivity index (χ4v) is 1.50. The van der Waals surface area contributed by atoms with Crippen molar-refractivity contribution in [3.05, 3.63) is 0 Å². The van der Waals surface area contributed by atoms with Crippen molar-refractivity contribution in [1.82, 2.24) is 9.80 Å². The summed E-state index contributed by atoms with van der Waals surface area (Å²) in [6, 6.07) is 0.444. The Hall–Kier alpha value is -1.10. The van der Waals surface area contributed by atoms with Crippen molar-refractivity contribution in [2.45, 2.75) is 38.8 Å². The number of hydrogen-bond acceptors (Lipinski definition) is 3. The van der Waals surface area contributed by atoms with Crippen LogP contribution in [0.3, 0.4) is 0 Å². The summed E-state index contributed by atoms with van der Waals surface area (Å²) in [6.45, 7) is 4.06. The van der Waals surface area contributed by atoms with E-state index in [0.29, 0.717) is 6.04 Å². The van der Waals surface area contributed by atoms with Crippen LogP contribution in [0.1, 0.15) is 26.7 Å². The lowest BCUT2D eigenvalue weighted by Gasteiger charge is -2.26. The number of rotatable bonds is 6. The summed E-state index contributed by atoms with van der Waals surface area (Å²) in [7, 11) is 1.75. The van der Waals surface area contributed by atoms with Crippen molar-refractivity contribution >= 4 is 11.9 Å². The topological polar surface area (TPSA) is 60.9 Å². The van der Waals surface area contributed by atoms with E-state index in [1.165, 1.54) is 0 Å². The van der Waals surface area contributed by atoms with Crippen molar-refractivity contribution in [3.63, 3.8) is 0 Å². The summed E-state index contributed by atoms with van der Waals surface area (Å²) in [5.74, 6) is -0.880. The van der Waals surface area contributed by atoms with Crippen LogP contribution >= 0.6 is 0 Å². The number of carbonyl (C=O) groups is 2. The molecule has 0 bridgehead atoms. The molecule has 0 spiro atoms. The zero-order valence-electron chi connectivity index (χ0n) is 10.1. The molecule has 16 heavy (non-hydrogen) atoms. The molecule has 0 aliphatic heterocycles. The van der Waals surface area contributed by atoms with Crippen molar-refractivity contribution in [2.24, 2.45) is 0 Å². The lowest BCUT2D eigenvalue weighted by molar-refractivity contribution is -0.140. The van der Waals surface area contributed by atoms with Gasteiger partial charge in [-0.25, -0.2) is 0 Å². The zero-order valence-corrected chi connectivity index (χ0v) is 10.1. The van der Waals surface area contributed by atoms with Crippen LogP contribution in [0.25, 0.3) is 0 Å². The number of likely N-dealkylation sites (N-methyl/N-ethyl adjacent to an activating group) is 1. The molecular formula is C11H20N2O3. The molecule has 0 aromatic rings. The predicted octanol–water partition coefficient (Wildman–Crippen LogP) is 0.402. The van der Waals surface area contributed by atoms with E-state index in [1.807, 2.05) is 13.8 Å². The number of aliphatic carboxylic acids is 1. The van der Waals surface area contributed by atoms with Crippen LogP contribution in [0, 0.1) is 0 Å². The highest BCUT2D eigenvalue weighted by molar-refractivity contribution is 5.79. The molecule has 0 heterocycles. The third-order valence-corrected chi connectivity index (χ3v) is 2.91. The molecule has 1 fully saturated rings. The molecule has 1 saturated carbocycles. The minimum atomic E-state index is -0.869. The highest BCUT2D eigenvalue weighted by Gasteiger charge is 2.32. The molecule has 92 valence electrons. The lowest BCUT2D eigenvalue weighted by Crippen LogP contribution is -2.43. The molecule has 1 rings (SSSR count). The fraction of sp³-hybridized carbons (Fsp3) is 0.818. The van der Waals surface area contributed by atoms with Crippen molar-refractivity contribution in [2.75, 3.05) is 20.1 Å². The Morgan fingerprint density at radius 2 is 1.88 bits per heavy atom. The van der Waals surface area contributed by atoms with Crippen molar-refractivity contribution in [1.29, 1.82) is 0 Å². The van der Waals surface area contributed by atoms with Gasteiger partial charge in [0, 0.05) is 19.1 Å². The highest BCUT2D eigenvalue weighted by Crippen LogP contribution is 2.26. The summed E-state index contributed by atoms with van der Waals surface area (Å²) >= 11 is 0. The third-order valence-electron chi connectivity index (χ3n) is 2.91. The molecule has 5 heteroatoms. The second-order valence-corrected chi connectivity index (χ2v) is 4.63. The summed E-state index contributed by atoms with van der Waals surface area (Å²) in [6.07, 6.45) is 2.01. The Morgan fingerprint density at radius 3 is 2.25 bits per heavy atom. The van der Waals surface area contributed by atoms with Crippen LogP contribution in [0.15, 0.2) is 0 Å². The van der Waals surface area contributed by atoms with E-state index in [0.717, 1.165) is 12.8 Å². The average Bonchev–Trinajstić information content (AvgIpc) is 2.97. The number of nitrogens with zero attached hydrogens (tertiary/aromatic N) is 2. The van der Waals surface area contributed by atoms with Gasteiger partial charge in [0.2, 0.25) is 5.91 Å². The van der Waals surface area contributed by atoms with Gasteiger partial charge in [0.05, 0.1) is 13.1 Å². The molecule has 0 aromatic carbocycles. The van der Waals surface area contributed by atoms with E-state index in [-0.39, 0.29) is 25.0 Å². The normalized spacial score (nSPS) is 15.6. The van der Waals surface area contributed by atoms with Gasteiger partial charge in [0.15, 0.2) is 0 Å². The minimum absolute atomic E-state index is 0.0110. The number of carboxylic acids is 1. The first-order chi connectivity index (χ1) is 7.41. The first kappa shape index (κ1) is 13.0. The Kier molecular flexibility index (Phi) is 4.29.